The lowest BCUT2D eigenvalue weighted by atomic mass is 10.1. The summed E-state index contributed by atoms with van der Waals surface area (Å²) in [6, 6.07) is 3.17. The predicted octanol–water partition coefficient (Wildman–Crippen LogP) is 0.945. The third kappa shape index (κ3) is 4.10. The normalized spacial score (nSPS) is 23.8. The van der Waals surface area contributed by atoms with Crippen LogP contribution >= 0.6 is 0 Å². The van der Waals surface area contributed by atoms with Crippen molar-refractivity contribution in [3.63, 3.8) is 0 Å². The predicted molar refractivity (Wildman–Crippen MR) is 91.0 cm³/mol. The van der Waals surface area contributed by atoms with Gasteiger partial charge in [-0.05, 0) is 12.1 Å². The van der Waals surface area contributed by atoms with Gasteiger partial charge in [0.2, 0.25) is 11.8 Å². The van der Waals surface area contributed by atoms with E-state index in [1.54, 1.807) is 28.3 Å². The van der Waals surface area contributed by atoms with Crippen molar-refractivity contribution in [3.05, 3.63) is 24.5 Å². The van der Waals surface area contributed by atoms with Crippen LogP contribution < -0.4 is 4.74 Å². The Labute approximate surface area is 147 Å². The van der Waals surface area contributed by atoms with E-state index in [1.165, 1.54) is 0 Å². The molecule has 25 heavy (non-hydrogen) atoms. The molecule has 0 radical (unpaired) electrons. The summed E-state index contributed by atoms with van der Waals surface area (Å²) >= 11 is 0. The molecule has 2 aliphatic heterocycles. The minimum atomic E-state index is -0.463. The second-order valence-corrected chi connectivity index (χ2v) is 6.76. The summed E-state index contributed by atoms with van der Waals surface area (Å²) in [5, 5.41) is 0. The van der Waals surface area contributed by atoms with Crippen molar-refractivity contribution in [1.29, 1.82) is 0 Å². The first kappa shape index (κ1) is 17.7. The molecule has 2 atom stereocenters. The molecule has 0 spiro atoms. The summed E-state index contributed by atoms with van der Waals surface area (Å²) in [4.78, 5) is 33.1. The average molecular weight is 347 g/mol. The van der Waals surface area contributed by atoms with Crippen LogP contribution in [0.4, 0.5) is 0 Å². The highest BCUT2D eigenvalue weighted by molar-refractivity contribution is 5.89. The molecule has 7 heteroatoms. The fourth-order valence-electron chi connectivity index (χ4n) is 3.30. The van der Waals surface area contributed by atoms with E-state index in [0.29, 0.717) is 45.0 Å². The molecule has 2 saturated heterocycles. The number of rotatable bonds is 4. The molecule has 1 aromatic rings. The molecule has 0 aliphatic carbocycles. The van der Waals surface area contributed by atoms with Crippen molar-refractivity contribution in [2.24, 2.45) is 5.92 Å². The molecule has 7 nitrogen and oxygen atoms in total. The van der Waals surface area contributed by atoms with Gasteiger partial charge in [0.05, 0.1) is 26.0 Å². The summed E-state index contributed by atoms with van der Waals surface area (Å²) in [5.74, 6) is 0.486. The smallest absolute Gasteiger partial charge is 0.245 e. The maximum absolute atomic E-state index is 12.9. The Bertz CT molecular complexity index is 602. The first-order chi connectivity index (χ1) is 12.1. The second-order valence-electron chi connectivity index (χ2n) is 6.76. The van der Waals surface area contributed by atoms with Gasteiger partial charge in [-0.25, -0.2) is 0 Å². The summed E-state index contributed by atoms with van der Waals surface area (Å²) in [7, 11) is 0. The molecule has 0 N–H and O–H groups in total. The highest BCUT2D eigenvalue weighted by Gasteiger charge is 2.43. The SMILES string of the molecule is CC(C)C(=O)N1C[C@@H](Oc2cccnc2)C[C@H]1C(=O)N1CCOCC1. The fraction of sp³-hybridized carbons (Fsp3) is 0.611. The Kier molecular flexibility index (Phi) is 5.53. The van der Waals surface area contributed by atoms with E-state index < -0.39 is 6.04 Å². The Morgan fingerprint density at radius 2 is 2.08 bits per heavy atom. The van der Waals surface area contributed by atoms with Gasteiger partial charge in [0, 0.05) is 31.6 Å². The van der Waals surface area contributed by atoms with Gasteiger partial charge in [-0.3, -0.25) is 14.6 Å². The molecular formula is C18H25N3O4. The molecule has 0 unspecified atom stereocenters. The number of morpholine rings is 1. The molecule has 0 bridgehead atoms. The summed E-state index contributed by atoms with van der Waals surface area (Å²) in [6.07, 6.45) is 3.62. The monoisotopic (exact) mass is 347 g/mol. The van der Waals surface area contributed by atoms with E-state index in [9.17, 15) is 9.59 Å². The number of hydrogen-bond acceptors (Lipinski definition) is 5. The Hall–Kier alpha value is -2.15. The maximum atomic E-state index is 12.9. The van der Waals surface area contributed by atoms with Gasteiger partial charge in [-0.1, -0.05) is 13.8 Å². The first-order valence-corrected chi connectivity index (χ1v) is 8.80. The third-order valence-corrected chi connectivity index (χ3v) is 4.58. The van der Waals surface area contributed by atoms with E-state index in [-0.39, 0.29) is 23.8 Å². The zero-order chi connectivity index (χ0) is 17.8. The molecule has 2 aliphatic rings. The minimum absolute atomic E-state index is 0.00501. The Morgan fingerprint density at radius 1 is 1.32 bits per heavy atom. The lowest BCUT2D eigenvalue weighted by Gasteiger charge is -2.32. The van der Waals surface area contributed by atoms with Gasteiger partial charge < -0.3 is 19.3 Å². The second kappa shape index (κ2) is 7.82. The van der Waals surface area contributed by atoms with Crippen LogP contribution in [0.3, 0.4) is 0 Å². The van der Waals surface area contributed by atoms with Crippen LogP contribution in [0, 0.1) is 5.92 Å². The fourth-order valence-corrected chi connectivity index (χ4v) is 3.30. The van der Waals surface area contributed by atoms with Crippen molar-refractivity contribution >= 4 is 11.8 Å². The third-order valence-electron chi connectivity index (χ3n) is 4.58. The summed E-state index contributed by atoms with van der Waals surface area (Å²) in [6.45, 7) is 6.38. The van der Waals surface area contributed by atoms with Gasteiger partial charge in [-0.15, -0.1) is 0 Å². The Balaban J connectivity index is 1.73. The van der Waals surface area contributed by atoms with E-state index in [2.05, 4.69) is 4.98 Å². The molecule has 0 saturated carbocycles. The van der Waals surface area contributed by atoms with Crippen molar-refractivity contribution in [2.45, 2.75) is 32.4 Å². The number of ether oxygens (including phenoxy) is 2. The highest BCUT2D eigenvalue weighted by atomic mass is 16.5. The van der Waals surface area contributed by atoms with Crippen LogP contribution in [0.25, 0.3) is 0 Å². The van der Waals surface area contributed by atoms with Crippen LogP contribution in [0.5, 0.6) is 5.75 Å². The lowest BCUT2D eigenvalue weighted by Crippen LogP contribution is -2.51. The highest BCUT2D eigenvalue weighted by Crippen LogP contribution is 2.26. The van der Waals surface area contributed by atoms with Crippen LogP contribution in [0.2, 0.25) is 0 Å². The zero-order valence-electron chi connectivity index (χ0n) is 14.8. The van der Waals surface area contributed by atoms with Crippen LogP contribution in [-0.2, 0) is 14.3 Å². The van der Waals surface area contributed by atoms with Crippen LogP contribution in [-0.4, -0.2) is 71.6 Å². The standard InChI is InChI=1S/C18H25N3O4/c1-13(2)17(22)21-12-15(25-14-4-3-5-19-11-14)10-16(21)18(23)20-6-8-24-9-7-20/h3-5,11,13,15-16H,6-10,12H2,1-2H3/t15-,16-/m0/s1. The largest absolute Gasteiger partial charge is 0.487 e. The van der Waals surface area contributed by atoms with E-state index in [4.69, 9.17) is 9.47 Å². The summed E-state index contributed by atoms with van der Waals surface area (Å²) in [5.41, 5.74) is 0. The molecular weight excluding hydrogens is 322 g/mol. The van der Waals surface area contributed by atoms with Crippen molar-refractivity contribution < 1.29 is 19.1 Å². The Morgan fingerprint density at radius 3 is 2.72 bits per heavy atom. The minimum Gasteiger partial charge on any atom is -0.487 e. The van der Waals surface area contributed by atoms with Gasteiger partial charge in [0.1, 0.15) is 17.9 Å². The number of aromatic nitrogens is 1. The number of nitrogens with zero attached hydrogens (tertiary/aromatic N) is 3. The maximum Gasteiger partial charge on any atom is 0.245 e. The number of hydrogen-bond donors (Lipinski definition) is 0. The van der Waals surface area contributed by atoms with Gasteiger partial charge in [-0.2, -0.15) is 0 Å². The molecule has 2 fully saturated rings. The lowest BCUT2D eigenvalue weighted by molar-refractivity contribution is -0.147. The molecule has 0 aromatic carbocycles. The average Bonchev–Trinajstić information content (AvgIpc) is 3.05. The van der Waals surface area contributed by atoms with Crippen molar-refractivity contribution in [2.75, 3.05) is 32.8 Å². The van der Waals surface area contributed by atoms with E-state index in [0.717, 1.165) is 0 Å². The van der Waals surface area contributed by atoms with E-state index >= 15 is 0 Å². The topological polar surface area (TPSA) is 72.0 Å². The summed E-state index contributed by atoms with van der Waals surface area (Å²) < 4.78 is 11.3. The quantitative estimate of drug-likeness (QED) is 0.811. The van der Waals surface area contributed by atoms with Crippen LogP contribution in [0.1, 0.15) is 20.3 Å². The van der Waals surface area contributed by atoms with Gasteiger partial charge in [0.25, 0.3) is 0 Å². The number of pyridine rings is 1. The number of carbonyl (C=O) groups excluding carboxylic acids is 2. The van der Waals surface area contributed by atoms with Gasteiger partial charge >= 0.3 is 0 Å². The van der Waals surface area contributed by atoms with Crippen molar-refractivity contribution in [3.8, 4) is 5.75 Å². The van der Waals surface area contributed by atoms with Gasteiger partial charge in [0.15, 0.2) is 0 Å². The molecule has 1 aromatic heterocycles. The number of amides is 2. The molecule has 3 heterocycles. The molecule has 2 amide bonds. The number of carbonyl (C=O) groups is 2. The molecule has 136 valence electrons. The molecule has 3 rings (SSSR count). The van der Waals surface area contributed by atoms with Crippen molar-refractivity contribution in [1.82, 2.24) is 14.8 Å². The zero-order valence-corrected chi connectivity index (χ0v) is 14.8. The van der Waals surface area contributed by atoms with Crippen LogP contribution in [0.15, 0.2) is 24.5 Å². The first-order valence-electron chi connectivity index (χ1n) is 8.80. The van der Waals surface area contributed by atoms with E-state index in [1.807, 2.05) is 19.9 Å². The number of likely N-dealkylation sites (tertiary alicyclic amines) is 1.